The van der Waals surface area contributed by atoms with Gasteiger partial charge in [-0.1, -0.05) is 18.7 Å². The van der Waals surface area contributed by atoms with Crippen LogP contribution in [0.4, 0.5) is 11.4 Å². The molecule has 0 amide bonds. The molecule has 0 atom stereocenters. The highest BCUT2D eigenvalue weighted by molar-refractivity contribution is 6.06. The van der Waals surface area contributed by atoms with Crippen molar-refractivity contribution in [3.63, 3.8) is 0 Å². The van der Waals surface area contributed by atoms with E-state index in [1.54, 1.807) is 0 Å². The fourth-order valence-electron chi connectivity index (χ4n) is 1.73. The van der Waals surface area contributed by atoms with Crippen LogP contribution in [0.1, 0.15) is 13.8 Å². The summed E-state index contributed by atoms with van der Waals surface area (Å²) in [6.07, 6.45) is 0. The van der Waals surface area contributed by atoms with Crippen molar-refractivity contribution in [3.05, 3.63) is 36.5 Å². The van der Waals surface area contributed by atoms with Gasteiger partial charge in [0.25, 0.3) is 0 Å². The third-order valence-electron chi connectivity index (χ3n) is 2.52. The summed E-state index contributed by atoms with van der Waals surface area (Å²) in [4.78, 5) is 6.69. The van der Waals surface area contributed by atoms with Gasteiger partial charge in [0.15, 0.2) is 0 Å². The van der Waals surface area contributed by atoms with Gasteiger partial charge in [0.05, 0.1) is 22.8 Å². The minimum Gasteiger partial charge on any atom is -0.339 e. The van der Waals surface area contributed by atoms with Crippen molar-refractivity contribution in [2.45, 2.75) is 13.8 Å². The molecule has 1 aliphatic heterocycles. The number of fused-ring (bicyclic) bond motifs is 1. The summed E-state index contributed by atoms with van der Waals surface area (Å²) < 4.78 is 0. The molecule has 0 saturated carbocycles. The van der Waals surface area contributed by atoms with Gasteiger partial charge < -0.3 is 4.90 Å². The molecule has 0 radical (unpaired) electrons. The Morgan fingerprint density at radius 3 is 2.79 bits per heavy atom. The van der Waals surface area contributed by atoms with Crippen LogP contribution in [0.25, 0.3) is 0 Å². The monoisotopic (exact) mass is 186 g/mol. The first-order valence-corrected chi connectivity index (χ1v) is 4.85. The lowest BCUT2D eigenvalue weighted by Crippen LogP contribution is -2.27. The normalized spacial score (nSPS) is 15.1. The van der Waals surface area contributed by atoms with Gasteiger partial charge in [-0.3, -0.25) is 0 Å². The van der Waals surface area contributed by atoms with E-state index in [2.05, 4.69) is 29.5 Å². The summed E-state index contributed by atoms with van der Waals surface area (Å²) in [6.45, 7) is 9.10. The van der Waals surface area contributed by atoms with E-state index in [9.17, 15) is 0 Å². The molecule has 0 spiro atoms. The van der Waals surface area contributed by atoms with Gasteiger partial charge >= 0.3 is 0 Å². The van der Waals surface area contributed by atoms with Crippen LogP contribution < -0.4 is 4.90 Å². The largest absolute Gasteiger partial charge is 0.339 e. The van der Waals surface area contributed by atoms with Gasteiger partial charge in [-0.25, -0.2) is 4.99 Å². The topological polar surface area (TPSA) is 15.6 Å². The average molecular weight is 186 g/mol. The molecule has 14 heavy (non-hydrogen) atoms. The Hall–Kier alpha value is -1.57. The quantitative estimate of drug-likeness (QED) is 0.658. The maximum absolute atomic E-state index is 4.50. The molecule has 0 saturated heterocycles. The lowest BCUT2D eigenvalue weighted by atomic mass is 10.1. The predicted octanol–water partition coefficient (Wildman–Crippen LogP) is 3.13. The van der Waals surface area contributed by atoms with Crippen LogP contribution in [0.5, 0.6) is 0 Å². The van der Waals surface area contributed by atoms with Crippen LogP contribution in [0.2, 0.25) is 0 Å². The number of benzene rings is 1. The molecule has 0 fully saturated rings. The molecule has 1 heterocycles. The third-order valence-corrected chi connectivity index (χ3v) is 2.52. The second-order valence-corrected chi connectivity index (χ2v) is 3.38. The van der Waals surface area contributed by atoms with Crippen molar-refractivity contribution in [3.8, 4) is 0 Å². The number of aliphatic imine (C=N–C) groups is 1. The van der Waals surface area contributed by atoms with E-state index in [0.717, 1.165) is 29.3 Å². The molecule has 0 aliphatic carbocycles. The van der Waals surface area contributed by atoms with Crippen molar-refractivity contribution in [1.82, 2.24) is 0 Å². The molecule has 0 bridgehead atoms. The minimum absolute atomic E-state index is 0.933. The van der Waals surface area contributed by atoms with Crippen molar-refractivity contribution in [2.75, 3.05) is 11.4 Å². The Morgan fingerprint density at radius 1 is 1.36 bits per heavy atom. The number of nitrogens with zero attached hydrogens (tertiary/aromatic N) is 2. The minimum atomic E-state index is 0.933. The summed E-state index contributed by atoms with van der Waals surface area (Å²) in [5, 5.41) is 0. The number of allylic oxidation sites excluding steroid dienone is 1. The van der Waals surface area contributed by atoms with Crippen LogP contribution in [0.3, 0.4) is 0 Å². The lowest BCUT2D eigenvalue weighted by molar-refractivity contribution is 0.980. The first kappa shape index (κ1) is 9.00. The Kier molecular flexibility index (Phi) is 2.12. The van der Waals surface area contributed by atoms with Gasteiger partial charge in [0.2, 0.25) is 0 Å². The van der Waals surface area contributed by atoms with E-state index < -0.39 is 0 Å². The van der Waals surface area contributed by atoms with Crippen molar-refractivity contribution < 1.29 is 0 Å². The maximum Gasteiger partial charge on any atom is 0.0870 e. The first-order chi connectivity index (χ1) is 6.74. The number of hydrogen-bond acceptors (Lipinski definition) is 2. The van der Waals surface area contributed by atoms with Gasteiger partial charge in [-0.2, -0.15) is 0 Å². The summed E-state index contributed by atoms with van der Waals surface area (Å²) >= 11 is 0. The van der Waals surface area contributed by atoms with E-state index in [-0.39, 0.29) is 0 Å². The van der Waals surface area contributed by atoms with Crippen LogP contribution in [0.15, 0.2) is 41.5 Å². The molecule has 0 N–H and O–H groups in total. The molecule has 1 aromatic carbocycles. The van der Waals surface area contributed by atoms with E-state index in [0.29, 0.717) is 0 Å². The van der Waals surface area contributed by atoms with Gasteiger partial charge in [0.1, 0.15) is 0 Å². The first-order valence-electron chi connectivity index (χ1n) is 4.85. The molecule has 2 heteroatoms. The highest BCUT2D eigenvalue weighted by Crippen LogP contribution is 2.34. The Bertz CT molecular complexity index is 405. The van der Waals surface area contributed by atoms with Crippen molar-refractivity contribution >= 4 is 17.1 Å². The van der Waals surface area contributed by atoms with E-state index >= 15 is 0 Å². The zero-order chi connectivity index (χ0) is 10.1. The SMILES string of the molecule is C=C1C(C)=Nc2ccccc2N1CC. The standard InChI is InChI=1S/C12H14N2/c1-4-14-10(3)9(2)13-11-7-5-6-8-12(11)14/h5-8H,3-4H2,1-2H3. The highest BCUT2D eigenvalue weighted by atomic mass is 15.2. The van der Waals surface area contributed by atoms with E-state index in [1.807, 2.05) is 25.1 Å². The predicted molar refractivity (Wildman–Crippen MR) is 61.4 cm³/mol. The summed E-state index contributed by atoms with van der Waals surface area (Å²) in [6, 6.07) is 8.16. The summed E-state index contributed by atoms with van der Waals surface area (Å²) in [7, 11) is 0. The molecular formula is C12H14N2. The van der Waals surface area contributed by atoms with Crippen molar-refractivity contribution in [2.24, 2.45) is 4.99 Å². The molecule has 1 aromatic rings. The molecule has 72 valence electrons. The number of hydrogen-bond donors (Lipinski definition) is 0. The molecule has 2 nitrogen and oxygen atoms in total. The average Bonchev–Trinajstić information content (AvgIpc) is 2.20. The molecule has 0 unspecified atom stereocenters. The highest BCUT2D eigenvalue weighted by Gasteiger charge is 2.18. The zero-order valence-electron chi connectivity index (χ0n) is 8.62. The number of anilines is 1. The van der Waals surface area contributed by atoms with Gasteiger partial charge in [0, 0.05) is 6.54 Å². The summed E-state index contributed by atoms with van der Waals surface area (Å²) in [5.41, 5.74) is 4.21. The smallest absolute Gasteiger partial charge is 0.0870 e. The molecular weight excluding hydrogens is 172 g/mol. The number of para-hydroxylation sites is 2. The Labute approximate surface area is 84.6 Å². The Balaban J connectivity index is 2.58. The molecule has 0 aromatic heterocycles. The van der Waals surface area contributed by atoms with Crippen LogP contribution in [-0.2, 0) is 0 Å². The maximum atomic E-state index is 4.50. The Morgan fingerprint density at radius 2 is 2.07 bits per heavy atom. The second kappa shape index (κ2) is 3.29. The lowest BCUT2D eigenvalue weighted by Gasteiger charge is -2.30. The van der Waals surface area contributed by atoms with Crippen LogP contribution in [0, 0.1) is 0 Å². The second-order valence-electron chi connectivity index (χ2n) is 3.38. The van der Waals surface area contributed by atoms with Crippen molar-refractivity contribution in [1.29, 1.82) is 0 Å². The molecule has 1 aliphatic rings. The fourth-order valence-corrected chi connectivity index (χ4v) is 1.73. The molecule has 2 rings (SSSR count). The van der Waals surface area contributed by atoms with Crippen LogP contribution in [-0.4, -0.2) is 12.3 Å². The van der Waals surface area contributed by atoms with E-state index in [1.165, 1.54) is 0 Å². The summed E-state index contributed by atoms with van der Waals surface area (Å²) in [5.74, 6) is 0. The number of rotatable bonds is 1. The zero-order valence-corrected chi connectivity index (χ0v) is 8.62. The van der Waals surface area contributed by atoms with Crippen LogP contribution >= 0.6 is 0 Å². The van der Waals surface area contributed by atoms with Gasteiger partial charge in [-0.15, -0.1) is 0 Å². The van der Waals surface area contributed by atoms with Gasteiger partial charge in [-0.05, 0) is 26.0 Å². The third kappa shape index (κ3) is 1.23. The fraction of sp³-hybridized carbons (Fsp3) is 0.250. The van der Waals surface area contributed by atoms with E-state index in [4.69, 9.17) is 0 Å².